The largest absolute Gasteiger partial charge is 0.286 e. The highest BCUT2D eigenvalue weighted by Gasteiger charge is 2.32. The van der Waals surface area contributed by atoms with Crippen molar-refractivity contribution < 1.29 is 4.79 Å². The zero-order chi connectivity index (χ0) is 13.7. The van der Waals surface area contributed by atoms with Crippen LogP contribution >= 0.6 is 11.6 Å². The van der Waals surface area contributed by atoms with E-state index in [9.17, 15) is 10.1 Å². The monoisotopic (exact) mass is 277 g/mol. The summed E-state index contributed by atoms with van der Waals surface area (Å²) in [7, 11) is 0. The molecule has 0 unspecified atom stereocenters. The van der Waals surface area contributed by atoms with Gasteiger partial charge >= 0.3 is 0 Å². The number of carbonyl (C=O) groups excluding carboxylic acids is 1. The molecule has 19 heavy (non-hydrogen) atoms. The molecule has 0 bridgehead atoms. The minimum absolute atomic E-state index is 0.253. The van der Waals surface area contributed by atoms with Crippen molar-refractivity contribution in [2.45, 2.75) is 37.6 Å². The molecule has 0 atom stereocenters. The van der Waals surface area contributed by atoms with Gasteiger partial charge in [-0.3, -0.25) is 10.2 Å². The van der Waals surface area contributed by atoms with Crippen molar-refractivity contribution in [2.24, 2.45) is 0 Å². The van der Waals surface area contributed by atoms with Gasteiger partial charge in [0, 0.05) is 10.6 Å². The average molecular weight is 278 g/mol. The standard InChI is InChI=1S/C14H16ClN3O/c15-12-6-4-11(5-7-12)13(19)17-18-14(10-16)8-2-1-3-9-14/h4-7,18H,1-3,8-9H2,(H,17,19). The van der Waals surface area contributed by atoms with E-state index >= 15 is 0 Å². The quantitative estimate of drug-likeness (QED) is 0.835. The number of rotatable bonds is 3. The zero-order valence-corrected chi connectivity index (χ0v) is 11.3. The van der Waals surface area contributed by atoms with Gasteiger partial charge in [-0.25, -0.2) is 5.43 Å². The Morgan fingerprint density at radius 1 is 1.21 bits per heavy atom. The highest BCUT2D eigenvalue weighted by atomic mass is 35.5. The van der Waals surface area contributed by atoms with Gasteiger partial charge in [-0.2, -0.15) is 5.26 Å². The first-order valence-corrected chi connectivity index (χ1v) is 6.77. The van der Waals surface area contributed by atoms with E-state index in [1.54, 1.807) is 24.3 Å². The number of benzene rings is 1. The molecule has 1 fully saturated rings. The number of hydrazine groups is 1. The predicted octanol–water partition coefficient (Wildman–Crippen LogP) is 2.80. The van der Waals surface area contributed by atoms with Crippen molar-refractivity contribution in [1.29, 1.82) is 5.26 Å². The van der Waals surface area contributed by atoms with Crippen LogP contribution in [0.4, 0.5) is 0 Å². The van der Waals surface area contributed by atoms with E-state index < -0.39 is 5.54 Å². The van der Waals surface area contributed by atoms with Crippen LogP contribution in [0.25, 0.3) is 0 Å². The summed E-state index contributed by atoms with van der Waals surface area (Å²) in [5, 5.41) is 9.87. The number of hydrogen-bond donors (Lipinski definition) is 2. The topological polar surface area (TPSA) is 64.9 Å². The number of hydrogen-bond acceptors (Lipinski definition) is 3. The number of nitrogens with zero attached hydrogens (tertiary/aromatic N) is 1. The lowest BCUT2D eigenvalue weighted by molar-refractivity contribution is 0.0905. The molecule has 1 amide bonds. The minimum atomic E-state index is -0.625. The van der Waals surface area contributed by atoms with E-state index in [-0.39, 0.29) is 5.91 Å². The van der Waals surface area contributed by atoms with Gasteiger partial charge in [0.25, 0.3) is 5.91 Å². The van der Waals surface area contributed by atoms with Crippen LogP contribution < -0.4 is 10.9 Å². The van der Waals surface area contributed by atoms with Crippen LogP contribution in [0.15, 0.2) is 24.3 Å². The molecule has 5 heteroatoms. The fraction of sp³-hybridized carbons (Fsp3) is 0.429. The van der Waals surface area contributed by atoms with E-state index in [0.717, 1.165) is 32.1 Å². The normalized spacial score (nSPS) is 17.5. The predicted molar refractivity (Wildman–Crippen MR) is 73.5 cm³/mol. The lowest BCUT2D eigenvalue weighted by Gasteiger charge is -2.31. The maximum atomic E-state index is 11.9. The molecule has 1 aliphatic rings. The van der Waals surface area contributed by atoms with Crippen LogP contribution in [-0.4, -0.2) is 11.4 Å². The molecule has 0 heterocycles. The second-order valence-corrected chi connectivity index (χ2v) is 5.28. The zero-order valence-electron chi connectivity index (χ0n) is 10.6. The Labute approximate surface area is 117 Å². The summed E-state index contributed by atoms with van der Waals surface area (Å²) in [6.45, 7) is 0. The second-order valence-electron chi connectivity index (χ2n) is 4.84. The molecule has 2 N–H and O–H groups in total. The number of nitriles is 1. The van der Waals surface area contributed by atoms with Gasteiger partial charge in [-0.15, -0.1) is 0 Å². The smallest absolute Gasteiger partial charge is 0.265 e. The molecular formula is C14H16ClN3O. The first kappa shape index (κ1) is 13.9. The number of carbonyl (C=O) groups is 1. The summed E-state index contributed by atoms with van der Waals surface area (Å²) in [6, 6.07) is 8.92. The fourth-order valence-corrected chi connectivity index (χ4v) is 2.40. The molecule has 0 aromatic heterocycles. The van der Waals surface area contributed by atoms with Gasteiger partial charge in [0.1, 0.15) is 5.54 Å². The first-order chi connectivity index (χ1) is 9.15. The van der Waals surface area contributed by atoms with Gasteiger partial charge in [-0.05, 0) is 37.1 Å². The molecule has 1 aromatic rings. The summed E-state index contributed by atoms with van der Waals surface area (Å²) in [6.07, 6.45) is 4.71. The van der Waals surface area contributed by atoms with Crippen LogP contribution in [-0.2, 0) is 0 Å². The van der Waals surface area contributed by atoms with Crippen molar-refractivity contribution >= 4 is 17.5 Å². The van der Waals surface area contributed by atoms with Gasteiger partial charge < -0.3 is 0 Å². The second kappa shape index (κ2) is 6.05. The maximum absolute atomic E-state index is 11.9. The van der Waals surface area contributed by atoms with Gasteiger partial charge in [0.05, 0.1) is 6.07 Å². The SMILES string of the molecule is N#CC1(NNC(=O)c2ccc(Cl)cc2)CCCCC1. The third-order valence-corrected chi connectivity index (χ3v) is 3.69. The maximum Gasteiger partial charge on any atom is 0.265 e. The van der Waals surface area contributed by atoms with Crippen LogP contribution in [0.5, 0.6) is 0 Å². The Kier molecular flexibility index (Phi) is 4.41. The van der Waals surface area contributed by atoms with Crippen molar-refractivity contribution in [3.63, 3.8) is 0 Å². The number of amides is 1. The van der Waals surface area contributed by atoms with E-state index in [0.29, 0.717) is 10.6 Å². The molecule has 0 aliphatic heterocycles. The third-order valence-electron chi connectivity index (χ3n) is 3.44. The highest BCUT2D eigenvalue weighted by Crippen LogP contribution is 2.26. The fourth-order valence-electron chi connectivity index (χ4n) is 2.27. The molecule has 0 saturated heterocycles. The lowest BCUT2D eigenvalue weighted by atomic mass is 9.83. The first-order valence-electron chi connectivity index (χ1n) is 6.40. The molecule has 0 spiro atoms. The average Bonchev–Trinajstić information content (AvgIpc) is 2.46. The van der Waals surface area contributed by atoms with Crippen molar-refractivity contribution in [3.05, 3.63) is 34.9 Å². The van der Waals surface area contributed by atoms with Crippen LogP contribution in [0.3, 0.4) is 0 Å². The van der Waals surface area contributed by atoms with Gasteiger partial charge in [0.2, 0.25) is 0 Å². The highest BCUT2D eigenvalue weighted by molar-refractivity contribution is 6.30. The van der Waals surface area contributed by atoms with E-state index in [4.69, 9.17) is 11.6 Å². The molecule has 0 radical (unpaired) electrons. The molecule has 2 rings (SSSR count). The van der Waals surface area contributed by atoms with Gasteiger partial charge in [0.15, 0.2) is 0 Å². The minimum Gasteiger partial charge on any atom is -0.286 e. The molecule has 1 aromatic carbocycles. The van der Waals surface area contributed by atoms with Crippen molar-refractivity contribution in [1.82, 2.24) is 10.9 Å². The van der Waals surface area contributed by atoms with Crippen LogP contribution in [0.2, 0.25) is 5.02 Å². The Morgan fingerprint density at radius 2 is 1.84 bits per heavy atom. The number of halogens is 1. The molecular weight excluding hydrogens is 262 g/mol. The molecule has 1 saturated carbocycles. The Bertz CT molecular complexity index is 486. The Balaban J connectivity index is 1.96. The van der Waals surface area contributed by atoms with Crippen LogP contribution in [0.1, 0.15) is 42.5 Å². The Morgan fingerprint density at radius 3 is 2.42 bits per heavy atom. The van der Waals surface area contributed by atoms with Crippen molar-refractivity contribution in [3.8, 4) is 6.07 Å². The molecule has 100 valence electrons. The Hall–Kier alpha value is -1.57. The molecule has 1 aliphatic carbocycles. The van der Waals surface area contributed by atoms with Crippen LogP contribution in [0, 0.1) is 11.3 Å². The summed E-state index contributed by atoms with van der Waals surface area (Å²) >= 11 is 5.77. The van der Waals surface area contributed by atoms with Crippen molar-refractivity contribution in [2.75, 3.05) is 0 Å². The van der Waals surface area contributed by atoms with E-state index in [1.807, 2.05) is 0 Å². The molecule has 4 nitrogen and oxygen atoms in total. The number of nitrogens with one attached hydrogen (secondary N) is 2. The lowest BCUT2D eigenvalue weighted by Crippen LogP contribution is -2.54. The van der Waals surface area contributed by atoms with E-state index in [2.05, 4.69) is 16.9 Å². The summed E-state index contributed by atoms with van der Waals surface area (Å²) in [4.78, 5) is 11.9. The summed E-state index contributed by atoms with van der Waals surface area (Å²) in [5.74, 6) is -0.253. The summed E-state index contributed by atoms with van der Waals surface area (Å²) < 4.78 is 0. The van der Waals surface area contributed by atoms with Gasteiger partial charge in [-0.1, -0.05) is 30.9 Å². The summed E-state index contributed by atoms with van der Waals surface area (Å²) in [5.41, 5.74) is 5.42. The van der Waals surface area contributed by atoms with E-state index in [1.165, 1.54) is 0 Å². The third kappa shape index (κ3) is 3.46.